The lowest BCUT2D eigenvalue weighted by atomic mass is 9.89. The zero-order valence-corrected chi connectivity index (χ0v) is 15.3. The summed E-state index contributed by atoms with van der Waals surface area (Å²) in [7, 11) is 0. The van der Waals surface area contributed by atoms with Gasteiger partial charge in [0.05, 0.1) is 23.8 Å². The molecule has 1 saturated heterocycles. The highest BCUT2D eigenvalue weighted by Crippen LogP contribution is 2.45. The minimum Gasteiger partial charge on any atom is -0.481 e. The Morgan fingerprint density at radius 3 is 2.48 bits per heavy atom. The molecule has 0 aromatic heterocycles. The number of nitrogens with one attached hydrogen (secondary N) is 1. The highest BCUT2D eigenvalue weighted by Gasteiger charge is 2.52. The fourth-order valence-corrected chi connectivity index (χ4v) is 4.73. The van der Waals surface area contributed by atoms with Crippen LogP contribution in [0.5, 0.6) is 0 Å². The van der Waals surface area contributed by atoms with Gasteiger partial charge in [0.2, 0.25) is 5.91 Å². The first-order chi connectivity index (χ1) is 13.0. The average Bonchev–Trinajstić information content (AvgIpc) is 3.13. The van der Waals surface area contributed by atoms with Gasteiger partial charge in [-0.1, -0.05) is 25.0 Å². The van der Waals surface area contributed by atoms with Crippen LogP contribution >= 0.6 is 0 Å². The van der Waals surface area contributed by atoms with Crippen LogP contribution < -0.4 is 10.2 Å². The summed E-state index contributed by atoms with van der Waals surface area (Å²) in [5.41, 5.74) is 0.660. The van der Waals surface area contributed by atoms with Gasteiger partial charge in [-0.15, -0.1) is 0 Å². The maximum Gasteiger partial charge on any atom is 0.306 e. The predicted molar refractivity (Wildman–Crippen MR) is 101 cm³/mol. The molecule has 4 rings (SSSR count). The van der Waals surface area contributed by atoms with Crippen molar-refractivity contribution < 1.29 is 19.5 Å². The van der Waals surface area contributed by atoms with Crippen molar-refractivity contribution in [2.24, 2.45) is 5.92 Å². The number of carboxylic acids is 1. The number of carbonyl (C=O) groups excluding carboxylic acids is 2. The van der Waals surface area contributed by atoms with E-state index in [0.717, 1.165) is 18.5 Å². The molecule has 1 aromatic carbocycles. The SMILES string of the molecule is O=C(O)C1CCN(CC(=O)N2c3ccccc3NC(=O)C23CCCC3)CC1. The molecule has 3 aliphatic rings. The van der Waals surface area contributed by atoms with Crippen molar-refractivity contribution >= 4 is 29.2 Å². The summed E-state index contributed by atoms with van der Waals surface area (Å²) in [4.78, 5) is 41.1. The normalized spacial score (nSPS) is 22.5. The predicted octanol–water partition coefficient (Wildman–Crippen LogP) is 2.08. The highest BCUT2D eigenvalue weighted by molar-refractivity contribution is 6.15. The van der Waals surface area contributed by atoms with E-state index < -0.39 is 11.5 Å². The molecule has 1 spiro atoms. The van der Waals surface area contributed by atoms with Crippen LogP contribution in [-0.4, -0.2) is 53.0 Å². The number of amides is 2. The molecule has 1 aliphatic carbocycles. The second kappa shape index (κ2) is 6.96. The highest BCUT2D eigenvalue weighted by atomic mass is 16.4. The lowest BCUT2D eigenvalue weighted by molar-refractivity contribution is -0.143. The van der Waals surface area contributed by atoms with Gasteiger partial charge in [0.1, 0.15) is 5.54 Å². The van der Waals surface area contributed by atoms with Gasteiger partial charge in [-0.25, -0.2) is 0 Å². The van der Waals surface area contributed by atoms with Crippen molar-refractivity contribution in [2.75, 3.05) is 29.9 Å². The number of anilines is 2. The largest absolute Gasteiger partial charge is 0.481 e. The van der Waals surface area contributed by atoms with Crippen LogP contribution in [0.4, 0.5) is 11.4 Å². The van der Waals surface area contributed by atoms with Gasteiger partial charge in [-0.3, -0.25) is 24.2 Å². The molecule has 1 aromatic rings. The summed E-state index contributed by atoms with van der Waals surface area (Å²) in [6.45, 7) is 1.41. The minimum atomic E-state index is -0.787. The second-order valence-corrected chi connectivity index (χ2v) is 7.83. The van der Waals surface area contributed by atoms with Crippen molar-refractivity contribution in [2.45, 2.75) is 44.1 Å². The molecule has 2 aliphatic heterocycles. The number of fused-ring (bicyclic) bond motifs is 1. The Labute approximate surface area is 158 Å². The van der Waals surface area contributed by atoms with E-state index in [4.69, 9.17) is 5.11 Å². The lowest BCUT2D eigenvalue weighted by Crippen LogP contribution is -2.62. The van der Waals surface area contributed by atoms with Crippen molar-refractivity contribution in [3.63, 3.8) is 0 Å². The standard InChI is InChI=1S/C20H25N3O4/c24-17(13-22-11-7-14(8-12-22)18(25)26)23-16-6-2-1-5-15(16)21-19(27)20(23)9-3-4-10-20/h1-2,5-6,14H,3-4,7-13H2,(H,21,27)(H,25,26). The Balaban J connectivity index is 1.57. The number of nitrogens with zero attached hydrogens (tertiary/aromatic N) is 2. The molecular weight excluding hydrogens is 346 g/mol. The first-order valence-electron chi connectivity index (χ1n) is 9.70. The van der Waals surface area contributed by atoms with E-state index in [0.29, 0.717) is 44.5 Å². The number of likely N-dealkylation sites (tertiary alicyclic amines) is 1. The van der Waals surface area contributed by atoms with Crippen molar-refractivity contribution in [1.29, 1.82) is 0 Å². The molecule has 0 radical (unpaired) electrons. The first kappa shape index (κ1) is 18.0. The Kier molecular flexibility index (Phi) is 4.63. The summed E-state index contributed by atoms with van der Waals surface area (Å²) < 4.78 is 0. The van der Waals surface area contributed by atoms with Gasteiger partial charge in [0, 0.05) is 0 Å². The third-order valence-electron chi connectivity index (χ3n) is 6.22. The van der Waals surface area contributed by atoms with E-state index in [1.807, 2.05) is 29.2 Å². The van der Waals surface area contributed by atoms with Gasteiger partial charge in [0.15, 0.2) is 0 Å². The number of carboxylic acid groups (broad SMARTS) is 1. The lowest BCUT2D eigenvalue weighted by Gasteiger charge is -2.45. The molecule has 27 heavy (non-hydrogen) atoms. The molecule has 1 saturated carbocycles. The quantitative estimate of drug-likeness (QED) is 0.849. The van der Waals surface area contributed by atoms with Gasteiger partial charge in [-0.2, -0.15) is 0 Å². The Morgan fingerprint density at radius 1 is 1.15 bits per heavy atom. The smallest absolute Gasteiger partial charge is 0.306 e. The van der Waals surface area contributed by atoms with Crippen molar-refractivity contribution in [3.8, 4) is 0 Å². The number of piperidine rings is 1. The van der Waals surface area contributed by atoms with E-state index in [1.54, 1.807) is 4.90 Å². The topological polar surface area (TPSA) is 89.9 Å². The summed E-state index contributed by atoms with van der Waals surface area (Å²) in [6, 6.07) is 7.46. The summed E-state index contributed by atoms with van der Waals surface area (Å²) >= 11 is 0. The third kappa shape index (κ3) is 3.10. The Hall–Kier alpha value is -2.41. The Bertz CT molecular complexity index is 764. The second-order valence-electron chi connectivity index (χ2n) is 7.83. The third-order valence-corrected chi connectivity index (χ3v) is 6.22. The van der Waals surface area contributed by atoms with Gasteiger partial charge in [-0.05, 0) is 50.9 Å². The maximum atomic E-state index is 13.3. The van der Waals surface area contributed by atoms with E-state index >= 15 is 0 Å². The number of para-hydroxylation sites is 2. The van der Waals surface area contributed by atoms with Crippen LogP contribution in [0.25, 0.3) is 0 Å². The summed E-state index contributed by atoms with van der Waals surface area (Å²) in [6.07, 6.45) is 4.35. The molecule has 2 amide bonds. The Morgan fingerprint density at radius 2 is 1.81 bits per heavy atom. The monoisotopic (exact) mass is 371 g/mol. The van der Waals surface area contributed by atoms with Crippen molar-refractivity contribution in [1.82, 2.24) is 4.90 Å². The van der Waals surface area contributed by atoms with Crippen molar-refractivity contribution in [3.05, 3.63) is 24.3 Å². The van der Waals surface area contributed by atoms with Crippen LogP contribution in [0.1, 0.15) is 38.5 Å². The molecule has 0 atom stereocenters. The van der Waals surface area contributed by atoms with E-state index in [9.17, 15) is 14.4 Å². The van der Waals surface area contributed by atoms with Gasteiger partial charge >= 0.3 is 5.97 Å². The zero-order valence-electron chi connectivity index (χ0n) is 15.3. The number of hydrogen-bond donors (Lipinski definition) is 2. The number of benzene rings is 1. The average molecular weight is 371 g/mol. The summed E-state index contributed by atoms with van der Waals surface area (Å²) in [5.74, 6) is -1.24. The molecule has 2 N–H and O–H groups in total. The molecule has 2 heterocycles. The maximum absolute atomic E-state index is 13.3. The van der Waals surface area contributed by atoms with Crippen LogP contribution in [0, 0.1) is 5.92 Å². The molecule has 0 unspecified atom stereocenters. The molecular formula is C20H25N3O4. The van der Waals surface area contributed by atoms with Gasteiger partial charge < -0.3 is 10.4 Å². The van der Waals surface area contributed by atoms with E-state index in [2.05, 4.69) is 5.32 Å². The summed E-state index contributed by atoms with van der Waals surface area (Å²) in [5, 5.41) is 12.1. The molecule has 7 heteroatoms. The van der Waals surface area contributed by atoms with Crippen LogP contribution in [0.2, 0.25) is 0 Å². The van der Waals surface area contributed by atoms with E-state index in [1.165, 1.54) is 0 Å². The molecule has 7 nitrogen and oxygen atoms in total. The fourth-order valence-electron chi connectivity index (χ4n) is 4.73. The number of hydrogen-bond acceptors (Lipinski definition) is 4. The first-order valence-corrected chi connectivity index (χ1v) is 9.70. The number of carbonyl (C=O) groups is 3. The fraction of sp³-hybridized carbons (Fsp3) is 0.550. The number of rotatable bonds is 3. The molecule has 2 fully saturated rings. The van der Waals surface area contributed by atoms with E-state index in [-0.39, 0.29) is 24.3 Å². The van der Waals surface area contributed by atoms with Crippen LogP contribution in [0.3, 0.4) is 0 Å². The number of aliphatic carboxylic acids is 1. The minimum absolute atomic E-state index is 0.0759. The molecule has 144 valence electrons. The molecule has 0 bridgehead atoms. The van der Waals surface area contributed by atoms with Crippen LogP contribution in [-0.2, 0) is 14.4 Å². The zero-order chi connectivity index (χ0) is 19.0. The van der Waals surface area contributed by atoms with Gasteiger partial charge in [0.25, 0.3) is 5.91 Å². The van der Waals surface area contributed by atoms with Crippen LogP contribution in [0.15, 0.2) is 24.3 Å².